The van der Waals surface area contributed by atoms with E-state index >= 15 is 0 Å². The van der Waals surface area contributed by atoms with E-state index in [4.69, 9.17) is 18.9 Å². The second-order valence-electron chi connectivity index (χ2n) is 5.89. The minimum absolute atomic E-state index is 0.140. The molecule has 0 amide bonds. The fraction of sp³-hybridized carbons (Fsp3) is 0.200. The largest absolute Gasteiger partial charge is 0.496 e. The molecule has 28 heavy (non-hydrogen) atoms. The summed E-state index contributed by atoms with van der Waals surface area (Å²) in [6.07, 6.45) is 1.52. The molecule has 0 unspecified atom stereocenters. The third-order valence-corrected chi connectivity index (χ3v) is 3.79. The lowest BCUT2D eigenvalue weighted by Gasteiger charge is -2.17. The van der Waals surface area contributed by atoms with E-state index in [1.54, 1.807) is 12.1 Å². The number of esters is 3. The first-order valence-corrected chi connectivity index (χ1v) is 8.29. The van der Waals surface area contributed by atoms with Crippen molar-refractivity contribution >= 4 is 39.6 Å². The topological polar surface area (TPSA) is 101 Å². The van der Waals surface area contributed by atoms with Gasteiger partial charge in [-0.15, -0.1) is 0 Å². The number of carbonyl (C=O) groups is 3. The molecule has 144 valence electrons. The third kappa shape index (κ3) is 3.57. The van der Waals surface area contributed by atoms with Crippen LogP contribution in [0.3, 0.4) is 0 Å². The Kier molecular flexibility index (Phi) is 5.12. The van der Waals surface area contributed by atoms with Gasteiger partial charge < -0.3 is 18.9 Å². The Labute approximate surface area is 160 Å². The highest BCUT2D eigenvalue weighted by Crippen LogP contribution is 2.47. The zero-order chi connectivity index (χ0) is 20.4. The van der Waals surface area contributed by atoms with Crippen molar-refractivity contribution < 1.29 is 33.3 Å². The molecule has 2 aromatic carbocycles. The van der Waals surface area contributed by atoms with Crippen LogP contribution < -0.4 is 18.9 Å². The first-order chi connectivity index (χ1) is 13.3. The Bertz CT molecular complexity index is 1120. The molecule has 0 spiro atoms. The van der Waals surface area contributed by atoms with E-state index in [1.807, 2.05) is 0 Å². The zero-order valence-corrected chi connectivity index (χ0v) is 15.7. The predicted molar refractivity (Wildman–Crippen MR) is 99.7 cm³/mol. The highest BCUT2D eigenvalue weighted by Gasteiger charge is 2.23. The summed E-state index contributed by atoms with van der Waals surface area (Å²) in [6, 6.07) is 6.33. The third-order valence-electron chi connectivity index (χ3n) is 3.79. The van der Waals surface area contributed by atoms with Gasteiger partial charge in [-0.25, -0.2) is 0 Å². The molecule has 0 aliphatic heterocycles. The molecule has 0 bridgehead atoms. The summed E-state index contributed by atoms with van der Waals surface area (Å²) in [5.41, 5.74) is 0.309. The van der Waals surface area contributed by atoms with Gasteiger partial charge in [0.15, 0.2) is 11.5 Å². The Morgan fingerprint density at radius 2 is 1.50 bits per heavy atom. The van der Waals surface area contributed by atoms with Crippen LogP contribution in [-0.4, -0.2) is 30.0 Å². The fourth-order valence-electron chi connectivity index (χ4n) is 2.92. The number of ether oxygens (including phenoxy) is 4. The molecule has 0 saturated carbocycles. The van der Waals surface area contributed by atoms with Crippen LogP contribution >= 0.6 is 0 Å². The highest BCUT2D eigenvalue weighted by molar-refractivity contribution is 6.13. The maximum Gasteiger partial charge on any atom is 0.308 e. The van der Waals surface area contributed by atoms with E-state index in [0.29, 0.717) is 21.7 Å². The van der Waals surface area contributed by atoms with Crippen LogP contribution in [-0.2, 0) is 14.4 Å². The molecule has 1 heterocycles. The van der Waals surface area contributed by atoms with Crippen LogP contribution in [0.2, 0.25) is 0 Å². The second-order valence-corrected chi connectivity index (χ2v) is 5.89. The lowest BCUT2D eigenvalue weighted by molar-refractivity contribution is -0.132. The van der Waals surface area contributed by atoms with Gasteiger partial charge in [-0.2, -0.15) is 0 Å². The Balaban J connectivity index is 2.53. The minimum atomic E-state index is -0.564. The van der Waals surface area contributed by atoms with E-state index in [0.717, 1.165) is 0 Å². The summed E-state index contributed by atoms with van der Waals surface area (Å²) in [4.78, 5) is 39.2. The molecule has 3 rings (SSSR count). The molecular formula is C20H17NO7. The quantitative estimate of drug-likeness (QED) is 0.385. The molecule has 0 aliphatic carbocycles. The Hall–Kier alpha value is -3.68. The van der Waals surface area contributed by atoms with E-state index in [1.165, 1.54) is 46.2 Å². The monoisotopic (exact) mass is 383 g/mol. The molecule has 0 N–H and O–H groups in total. The number of carbonyl (C=O) groups excluding carboxylic acids is 3. The van der Waals surface area contributed by atoms with Gasteiger partial charge >= 0.3 is 17.9 Å². The van der Waals surface area contributed by atoms with E-state index in [-0.39, 0.29) is 23.0 Å². The molecule has 0 atom stereocenters. The summed E-state index contributed by atoms with van der Waals surface area (Å²) >= 11 is 0. The number of rotatable bonds is 4. The molecule has 3 aromatic rings. The van der Waals surface area contributed by atoms with Gasteiger partial charge in [0.2, 0.25) is 0 Å². The summed E-state index contributed by atoms with van der Waals surface area (Å²) < 4.78 is 21.5. The van der Waals surface area contributed by atoms with Gasteiger partial charge in [0.05, 0.1) is 12.5 Å². The predicted octanol–water partition coefficient (Wildman–Crippen LogP) is 3.17. The maximum absolute atomic E-state index is 11.7. The molecule has 8 heteroatoms. The number of hydrogen-bond donors (Lipinski definition) is 0. The summed E-state index contributed by atoms with van der Waals surface area (Å²) in [5.74, 6) is -0.856. The molecule has 0 saturated heterocycles. The minimum Gasteiger partial charge on any atom is -0.496 e. The van der Waals surface area contributed by atoms with Gasteiger partial charge in [-0.1, -0.05) is 0 Å². The number of hydrogen-bond acceptors (Lipinski definition) is 8. The van der Waals surface area contributed by atoms with Crippen molar-refractivity contribution in [2.24, 2.45) is 0 Å². The summed E-state index contributed by atoms with van der Waals surface area (Å²) in [5, 5.41) is 1.18. The van der Waals surface area contributed by atoms with Crippen molar-refractivity contribution in [3.8, 4) is 23.0 Å². The van der Waals surface area contributed by atoms with Crippen molar-refractivity contribution in [2.75, 3.05) is 7.11 Å². The summed E-state index contributed by atoms with van der Waals surface area (Å²) in [6.45, 7) is 3.79. The van der Waals surface area contributed by atoms with Crippen LogP contribution in [0.4, 0.5) is 0 Å². The second kappa shape index (κ2) is 7.51. The van der Waals surface area contributed by atoms with E-state index < -0.39 is 17.9 Å². The van der Waals surface area contributed by atoms with Crippen molar-refractivity contribution in [3.05, 3.63) is 30.5 Å². The van der Waals surface area contributed by atoms with Crippen molar-refractivity contribution in [2.45, 2.75) is 20.8 Å². The van der Waals surface area contributed by atoms with Gasteiger partial charge in [0.1, 0.15) is 17.0 Å². The number of aromatic nitrogens is 1. The van der Waals surface area contributed by atoms with Crippen LogP contribution in [0.5, 0.6) is 23.0 Å². The lowest BCUT2D eigenvalue weighted by atomic mass is 10.0. The maximum atomic E-state index is 11.7. The van der Waals surface area contributed by atoms with Gasteiger partial charge in [0, 0.05) is 43.8 Å². The molecular weight excluding hydrogens is 366 g/mol. The lowest BCUT2D eigenvalue weighted by Crippen LogP contribution is -2.08. The SMILES string of the molecule is COc1cc(OC(C)=O)cc2c(OC(C)=O)c3ncccc3c(OC(C)=O)c12. The molecule has 0 radical (unpaired) electrons. The first kappa shape index (κ1) is 19.1. The Morgan fingerprint density at radius 1 is 0.857 bits per heavy atom. The van der Waals surface area contributed by atoms with Crippen molar-refractivity contribution in [3.63, 3.8) is 0 Å². The number of methoxy groups -OCH3 is 1. The Morgan fingerprint density at radius 3 is 2.11 bits per heavy atom. The smallest absolute Gasteiger partial charge is 0.308 e. The van der Waals surface area contributed by atoms with Crippen LogP contribution in [0.15, 0.2) is 30.5 Å². The molecule has 1 aromatic heterocycles. The van der Waals surface area contributed by atoms with Crippen LogP contribution in [0.1, 0.15) is 20.8 Å². The van der Waals surface area contributed by atoms with Crippen LogP contribution in [0.25, 0.3) is 21.7 Å². The summed E-state index contributed by atoms with van der Waals surface area (Å²) in [7, 11) is 1.42. The average Bonchev–Trinajstić information content (AvgIpc) is 2.62. The molecule has 0 fully saturated rings. The first-order valence-electron chi connectivity index (χ1n) is 8.29. The van der Waals surface area contributed by atoms with Crippen molar-refractivity contribution in [1.29, 1.82) is 0 Å². The number of benzene rings is 2. The molecule has 8 nitrogen and oxygen atoms in total. The van der Waals surface area contributed by atoms with Crippen LogP contribution in [0, 0.1) is 0 Å². The average molecular weight is 383 g/mol. The van der Waals surface area contributed by atoms with Crippen molar-refractivity contribution in [1.82, 2.24) is 4.98 Å². The zero-order valence-electron chi connectivity index (χ0n) is 15.7. The van der Waals surface area contributed by atoms with E-state index in [9.17, 15) is 14.4 Å². The normalized spacial score (nSPS) is 10.6. The van der Waals surface area contributed by atoms with Gasteiger partial charge in [-0.05, 0) is 18.2 Å². The molecule has 0 aliphatic rings. The number of fused-ring (bicyclic) bond motifs is 2. The van der Waals surface area contributed by atoms with Gasteiger partial charge in [0.25, 0.3) is 0 Å². The number of nitrogens with zero attached hydrogens (tertiary/aromatic N) is 1. The fourth-order valence-corrected chi connectivity index (χ4v) is 2.92. The number of pyridine rings is 1. The van der Waals surface area contributed by atoms with E-state index in [2.05, 4.69) is 4.98 Å². The standard InChI is InChI=1S/C20H17NO7/c1-10(22)26-13-8-15-17(16(9-13)25-4)19(27-11(2)23)14-6-5-7-21-18(14)20(15)28-12(3)24/h5-9H,1-4H3. The highest BCUT2D eigenvalue weighted by atomic mass is 16.5. The van der Waals surface area contributed by atoms with Gasteiger partial charge in [-0.3, -0.25) is 19.4 Å².